The first kappa shape index (κ1) is 27.5. The number of carbonyl (C=O) groups is 2. The van der Waals surface area contributed by atoms with Gasteiger partial charge in [-0.05, 0) is 29.3 Å². The van der Waals surface area contributed by atoms with E-state index in [1.165, 1.54) is 7.11 Å². The van der Waals surface area contributed by atoms with Crippen LogP contribution in [0.15, 0.2) is 60.8 Å². The first-order valence-electron chi connectivity index (χ1n) is 12.4. The predicted molar refractivity (Wildman–Crippen MR) is 149 cm³/mol. The number of hydrogen-bond donors (Lipinski definition) is 2. The summed E-state index contributed by atoms with van der Waals surface area (Å²) in [7, 11) is 6.09. The van der Waals surface area contributed by atoms with E-state index in [1.807, 2.05) is 48.5 Å². The van der Waals surface area contributed by atoms with Crippen LogP contribution in [0.1, 0.15) is 21.6 Å². The van der Waals surface area contributed by atoms with E-state index in [0.29, 0.717) is 53.6 Å². The normalized spacial score (nSPS) is 10.8. The lowest BCUT2D eigenvalue weighted by Gasteiger charge is -2.11. The van der Waals surface area contributed by atoms with Crippen molar-refractivity contribution in [3.8, 4) is 11.5 Å². The summed E-state index contributed by atoms with van der Waals surface area (Å²) in [6.07, 6.45) is 1.83. The molecule has 0 aliphatic heterocycles. The van der Waals surface area contributed by atoms with Crippen LogP contribution in [0.2, 0.25) is 0 Å². The number of pyridine rings is 1. The quantitative estimate of drug-likeness (QED) is 0.260. The molecule has 4 aromatic rings. The number of nitrogens with zero attached hydrogens (tertiary/aromatic N) is 2. The van der Waals surface area contributed by atoms with Gasteiger partial charge in [0.05, 0.1) is 51.9 Å². The summed E-state index contributed by atoms with van der Waals surface area (Å²) in [5.41, 5.74) is 3.56. The van der Waals surface area contributed by atoms with Gasteiger partial charge in [0.25, 0.3) is 0 Å². The van der Waals surface area contributed by atoms with Crippen molar-refractivity contribution in [3.63, 3.8) is 0 Å². The minimum absolute atomic E-state index is 0.148. The summed E-state index contributed by atoms with van der Waals surface area (Å²) in [5, 5.41) is 6.90. The monoisotopic (exact) mass is 532 g/mol. The molecule has 39 heavy (non-hydrogen) atoms. The number of benzene rings is 2. The van der Waals surface area contributed by atoms with E-state index in [4.69, 9.17) is 18.9 Å². The molecule has 1 amide bonds. The number of methoxy groups -OCH3 is 4. The van der Waals surface area contributed by atoms with Gasteiger partial charge < -0.3 is 34.1 Å². The molecule has 0 spiro atoms. The van der Waals surface area contributed by atoms with E-state index in [2.05, 4.69) is 15.6 Å². The maximum Gasteiger partial charge on any atom is 0.356 e. The van der Waals surface area contributed by atoms with Crippen LogP contribution < -0.4 is 20.1 Å². The fourth-order valence-electron chi connectivity index (χ4n) is 4.29. The zero-order valence-corrected chi connectivity index (χ0v) is 22.4. The van der Waals surface area contributed by atoms with Crippen LogP contribution in [-0.4, -0.2) is 56.5 Å². The number of aromatic nitrogens is 2. The van der Waals surface area contributed by atoms with Gasteiger partial charge in [0, 0.05) is 31.7 Å². The third-order valence-corrected chi connectivity index (χ3v) is 6.18. The van der Waals surface area contributed by atoms with E-state index in [-0.39, 0.29) is 18.0 Å². The summed E-state index contributed by atoms with van der Waals surface area (Å²) in [5.74, 6) is 0.512. The Hall–Kier alpha value is -4.57. The molecule has 2 N–H and O–H groups in total. The SMILES string of the molecule is COCCn1c(C(=O)OC)c(NC(=O)Cc2ccccc2)c2cc(NCc3cc(OC)cc(OC)c3)cnc21. The Kier molecular flexibility index (Phi) is 9.01. The third kappa shape index (κ3) is 6.47. The molecule has 2 heterocycles. The highest BCUT2D eigenvalue weighted by Crippen LogP contribution is 2.33. The molecule has 2 aromatic heterocycles. The number of ether oxygens (including phenoxy) is 4. The van der Waals surface area contributed by atoms with Crippen LogP contribution in [0.25, 0.3) is 11.0 Å². The molecule has 10 nitrogen and oxygen atoms in total. The van der Waals surface area contributed by atoms with Gasteiger partial charge in [-0.2, -0.15) is 0 Å². The van der Waals surface area contributed by atoms with Gasteiger partial charge in [0.1, 0.15) is 17.1 Å². The van der Waals surface area contributed by atoms with Gasteiger partial charge in [0.15, 0.2) is 5.69 Å². The lowest BCUT2D eigenvalue weighted by atomic mass is 10.1. The van der Waals surface area contributed by atoms with Crippen molar-refractivity contribution in [1.29, 1.82) is 0 Å². The number of nitrogens with one attached hydrogen (secondary N) is 2. The molecule has 10 heteroatoms. The Morgan fingerprint density at radius 2 is 1.64 bits per heavy atom. The summed E-state index contributed by atoms with van der Waals surface area (Å²) in [6.45, 7) is 1.14. The van der Waals surface area contributed by atoms with Crippen LogP contribution in [0.3, 0.4) is 0 Å². The number of hydrogen-bond acceptors (Lipinski definition) is 8. The van der Waals surface area contributed by atoms with Gasteiger partial charge in [0.2, 0.25) is 5.91 Å². The molecule has 0 aliphatic carbocycles. The Balaban J connectivity index is 1.71. The summed E-state index contributed by atoms with van der Waals surface area (Å²) < 4.78 is 22.8. The zero-order valence-electron chi connectivity index (χ0n) is 22.4. The van der Waals surface area contributed by atoms with Gasteiger partial charge in [-0.3, -0.25) is 4.79 Å². The second-order valence-electron chi connectivity index (χ2n) is 8.74. The molecule has 4 rings (SSSR count). The van der Waals surface area contributed by atoms with Gasteiger partial charge in [-0.1, -0.05) is 30.3 Å². The molecule has 0 fully saturated rings. The Labute approximate surface area is 226 Å². The minimum atomic E-state index is -0.586. The van der Waals surface area contributed by atoms with E-state index >= 15 is 0 Å². The Morgan fingerprint density at radius 3 is 2.28 bits per heavy atom. The Morgan fingerprint density at radius 1 is 0.923 bits per heavy atom. The first-order valence-corrected chi connectivity index (χ1v) is 12.4. The fourth-order valence-corrected chi connectivity index (χ4v) is 4.29. The van der Waals surface area contributed by atoms with Crippen LogP contribution in [0.5, 0.6) is 11.5 Å². The van der Waals surface area contributed by atoms with Crippen molar-refractivity contribution < 1.29 is 28.5 Å². The number of carbonyl (C=O) groups excluding carboxylic acids is 2. The van der Waals surface area contributed by atoms with Crippen molar-refractivity contribution in [3.05, 3.63) is 77.6 Å². The average molecular weight is 533 g/mol. The average Bonchev–Trinajstić information content (AvgIpc) is 3.26. The number of rotatable bonds is 12. The predicted octanol–water partition coefficient (Wildman–Crippen LogP) is 4.28. The lowest BCUT2D eigenvalue weighted by Crippen LogP contribution is -2.19. The first-order chi connectivity index (χ1) is 19.0. The maximum absolute atomic E-state index is 13.1. The van der Waals surface area contributed by atoms with E-state index in [1.54, 1.807) is 38.2 Å². The van der Waals surface area contributed by atoms with Crippen LogP contribution in [0.4, 0.5) is 11.4 Å². The molecule has 2 aromatic carbocycles. The number of fused-ring (bicyclic) bond motifs is 1. The summed E-state index contributed by atoms with van der Waals surface area (Å²) in [4.78, 5) is 30.7. The highest BCUT2D eigenvalue weighted by Gasteiger charge is 2.26. The van der Waals surface area contributed by atoms with Gasteiger partial charge in [-0.25, -0.2) is 9.78 Å². The highest BCUT2D eigenvalue weighted by atomic mass is 16.5. The van der Waals surface area contributed by atoms with Crippen molar-refractivity contribution >= 4 is 34.3 Å². The topological polar surface area (TPSA) is 113 Å². The number of amides is 1. The smallest absolute Gasteiger partial charge is 0.356 e. The molecule has 0 unspecified atom stereocenters. The van der Waals surface area contributed by atoms with Crippen LogP contribution in [-0.2, 0) is 33.8 Å². The summed E-state index contributed by atoms with van der Waals surface area (Å²) in [6, 6.07) is 16.9. The molecule has 0 atom stereocenters. The van der Waals surface area contributed by atoms with Gasteiger partial charge >= 0.3 is 5.97 Å². The zero-order chi connectivity index (χ0) is 27.8. The fraction of sp³-hybridized carbons (Fsp3) is 0.276. The third-order valence-electron chi connectivity index (χ3n) is 6.18. The van der Waals surface area contributed by atoms with Crippen molar-refractivity contribution in [2.24, 2.45) is 0 Å². The second kappa shape index (κ2) is 12.8. The number of anilines is 2. The van der Waals surface area contributed by atoms with E-state index in [9.17, 15) is 9.59 Å². The van der Waals surface area contributed by atoms with Crippen molar-refractivity contribution in [2.45, 2.75) is 19.5 Å². The van der Waals surface area contributed by atoms with Crippen molar-refractivity contribution in [2.75, 3.05) is 45.7 Å². The Bertz CT molecular complexity index is 1430. The molecule has 0 radical (unpaired) electrons. The molecule has 0 bridgehead atoms. The largest absolute Gasteiger partial charge is 0.497 e. The molecular weight excluding hydrogens is 500 g/mol. The summed E-state index contributed by atoms with van der Waals surface area (Å²) >= 11 is 0. The molecular formula is C29H32N4O6. The molecule has 0 saturated heterocycles. The van der Waals surface area contributed by atoms with Crippen LogP contribution in [0, 0.1) is 0 Å². The van der Waals surface area contributed by atoms with Gasteiger partial charge in [-0.15, -0.1) is 0 Å². The number of esters is 1. The second-order valence-corrected chi connectivity index (χ2v) is 8.74. The van der Waals surface area contributed by atoms with E-state index in [0.717, 1.165) is 11.1 Å². The lowest BCUT2D eigenvalue weighted by molar-refractivity contribution is -0.115. The van der Waals surface area contributed by atoms with E-state index < -0.39 is 5.97 Å². The van der Waals surface area contributed by atoms with Crippen molar-refractivity contribution in [1.82, 2.24) is 9.55 Å². The minimum Gasteiger partial charge on any atom is -0.497 e. The molecule has 0 aliphatic rings. The maximum atomic E-state index is 13.1. The molecule has 0 saturated carbocycles. The molecule has 204 valence electrons. The highest BCUT2D eigenvalue weighted by molar-refractivity contribution is 6.11. The standard InChI is InChI=1S/C29H32N4O6/c1-36-11-10-33-27(29(35)39-4)26(32-25(34)14-19-8-6-5-7-9-19)24-15-21(18-31-28(24)33)30-17-20-12-22(37-2)16-23(13-20)38-3/h5-9,12-13,15-16,18,30H,10-11,14,17H2,1-4H3,(H,32,34). The van der Waals surface area contributed by atoms with Crippen LogP contribution >= 0.6 is 0 Å².